The van der Waals surface area contributed by atoms with Crippen molar-refractivity contribution in [1.82, 2.24) is 10.2 Å². The fourth-order valence-electron chi connectivity index (χ4n) is 3.63. The third kappa shape index (κ3) is 3.45. The molecule has 1 aliphatic heterocycles. The minimum absolute atomic E-state index is 0.0926. The summed E-state index contributed by atoms with van der Waals surface area (Å²) in [6.07, 6.45) is 0.387. The Balaban J connectivity index is 1.52. The van der Waals surface area contributed by atoms with Crippen molar-refractivity contribution in [3.05, 3.63) is 35.4 Å². The number of carbonyl (C=O) groups is 2. The van der Waals surface area contributed by atoms with Gasteiger partial charge in [0.15, 0.2) is 0 Å². The zero-order chi connectivity index (χ0) is 19.1. The molecule has 0 aromatic heterocycles. The Bertz CT molecular complexity index is 696. The van der Waals surface area contributed by atoms with Crippen molar-refractivity contribution in [3.63, 3.8) is 0 Å². The predicted octanol–water partition coefficient (Wildman–Crippen LogP) is 1.49. The van der Waals surface area contributed by atoms with Gasteiger partial charge < -0.3 is 15.3 Å². The van der Waals surface area contributed by atoms with Gasteiger partial charge in [0.1, 0.15) is 11.6 Å². The van der Waals surface area contributed by atoms with Crippen LogP contribution in [-0.4, -0.2) is 47.6 Å². The highest BCUT2D eigenvalue weighted by Gasteiger charge is 2.65. The second-order valence-electron chi connectivity index (χ2n) is 7.79. The Labute approximate surface area is 151 Å². The molecule has 0 radical (unpaired) electrons. The Hall–Kier alpha value is -2.02. The van der Waals surface area contributed by atoms with Gasteiger partial charge in [-0.05, 0) is 24.5 Å². The second-order valence-corrected chi connectivity index (χ2v) is 7.79. The van der Waals surface area contributed by atoms with Crippen molar-refractivity contribution in [1.29, 1.82) is 0 Å². The van der Waals surface area contributed by atoms with Crippen LogP contribution in [0.5, 0.6) is 0 Å². The van der Waals surface area contributed by atoms with Crippen LogP contribution in [0.1, 0.15) is 25.8 Å². The van der Waals surface area contributed by atoms with E-state index in [9.17, 15) is 23.5 Å². The summed E-state index contributed by atoms with van der Waals surface area (Å²) in [6.45, 7) is 4.61. The number of amides is 2. The number of carbonyl (C=O) groups excluding carboxylic acids is 2. The summed E-state index contributed by atoms with van der Waals surface area (Å²) >= 11 is 0. The Morgan fingerprint density at radius 3 is 2.46 bits per heavy atom. The summed E-state index contributed by atoms with van der Waals surface area (Å²) in [4.78, 5) is 26.1. The van der Waals surface area contributed by atoms with E-state index in [4.69, 9.17) is 0 Å². The number of likely N-dealkylation sites (tertiary alicyclic amines) is 1. The number of aliphatic hydroxyl groups is 1. The molecule has 2 amide bonds. The van der Waals surface area contributed by atoms with E-state index in [1.54, 1.807) is 4.90 Å². The van der Waals surface area contributed by atoms with Crippen LogP contribution < -0.4 is 5.32 Å². The van der Waals surface area contributed by atoms with Gasteiger partial charge in [-0.1, -0.05) is 19.9 Å². The molecule has 142 valence electrons. The summed E-state index contributed by atoms with van der Waals surface area (Å²) in [5, 5.41) is 12.2. The molecule has 2 fully saturated rings. The highest BCUT2D eigenvalue weighted by atomic mass is 19.1. The molecule has 1 aromatic rings. The molecule has 5 nitrogen and oxygen atoms in total. The maximum atomic E-state index is 13.7. The smallest absolute Gasteiger partial charge is 0.227 e. The van der Waals surface area contributed by atoms with E-state index in [0.717, 1.165) is 12.1 Å². The Morgan fingerprint density at radius 1 is 1.31 bits per heavy atom. The number of aliphatic hydroxyl groups excluding tert-OH is 1. The maximum Gasteiger partial charge on any atom is 0.227 e. The van der Waals surface area contributed by atoms with E-state index < -0.39 is 11.6 Å². The van der Waals surface area contributed by atoms with E-state index in [1.165, 1.54) is 6.07 Å². The van der Waals surface area contributed by atoms with Crippen molar-refractivity contribution in [3.8, 4) is 0 Å². The number of nitrogens with one attached hydrogen (secondary N) is 1. The molecule has 2 N–H and O–H groups in total. The molecule has 0 bridgehead atoms. The lowest BCUT2D eigenvalue weighted by Gasteiger charge is -2.41. The quantitative estimate of drug-likeness (QED) is 0.801. The predicted molar refractivity (Wildman–Crippen MR) is 91.0 cm³/mol. The van der Waals surface area contributed by atoms with Crippen molar-refractivity contribution in [2.75, 3.05) is 19.7 Å². The standard InChI is InChI=1S/C19H24F2N2O3/c1-11(2)16(8-24)22-18(26)13-7-19(13)9-23(10-19)17(25)6-12-14(20)4-3-5-15(12)21/h3-5,11,13,16,24H,6-10H2,1-2H3,(H,22,26)/t13?,16-/m1/s1. The summed E-state index contributed by atoms with van der Waals surface area (Å²) in [5.74, 6) is -1.90. The summed E-state index contributed by atoms with van der Waals surface area (Å²) in [7, 11) is 0. The van der Waals surface area contributed by atoms with Crippen LogP contribution in [0.25, 0.3) is 0 Å². The zero-order valence-corrected chi connectivity index (χ0v) is 15.0. The number of halogens is 2. The molecule has 1 aromatic carbocycles. The average Bonchev–Trinajstić information content (AvgIpc) is 3.30. The molecule has 1 aliphatic carbocycles. The molecule has 1 saturated carbocycles. The highest BCUT2D eigenvalue weighted by molar-refractivity contribution is 5.85. The largest absolute Gasteiger partial charge is 0.394 e. The highest BCUT2D eigenvalue weighted by Crippen LogP contribution is 2.58. The number of hydrogen-bond acceptors (Lipinski definition) is 3. The fourth-order valence-corrected chi connectivity index (χ4v) is 3.63. The minimum Gasteiger partial charge on any atom is -0.394 e. The molecular weight excluding hydrogens is 342 g/mol. The number of rotatable bonds is 6. The topological polar surface area (TPSA) is 69.6 Å². The van der Waals surface area contributed by atoms with Crippen LogP contribution in [0.2, 0.25) is 0 Å². The van der Waals surface area contributed by atoms with Crippen molar-refractivity contribution in [2.45, 2.75) is 32.7 Å². The third-order valence-electron chi connectivity index (χ3n) is 5.59. The number of nitrogens with zero attached hydrogens (tertiary/aromatic N) is 1. The first-order chi connectivity index (χ1) is 12.3. The molecule has 2 aliphatic rings. The maximum absolute atomic E-state index is 13.7. The minimum atomic E-state index is -0.721. The van der Waals surface area contributed by atoms with E-state index in [-0.39, 0.29) is 53.7 Å². The van der Waals surface area contributed by atoms with Gasteiger partial charge in [0, 0.05) is 30.0 Å². The third-order valence-corrected chi connectivity index (χ3v) is 5.59. The summed E-state index contributed by atoms with van der Waals surface area (Å²) in [5.41, 5.74) is -0.420. The summed E-state index contributed by atoms with van der Waals surface area (Å²) in [6, 6.07) is 3.26. The van der Waals surface area contributed by atoms with Gasteiger partial charge in [0.25, 0.3) is 0 Å². The van der Waals surface area contributed by atoms with Gasteiger partial charge in [-0.3, -0.25) is 9.59 Å². The lowest BCUT2D eigenvalue weighted by atomic mass is 9.92. The lowest BCUT2D eigenvalue weighted by molar-refractivity contribution is -0.140. The van der Waals surface area contributed by atoms with Crippen molar-refractivity contribution >= 4 is 11.8 Å². The molecule has 1 saturated heterocycles. The number of hydrogen-bond donors (Lipinski definition) is 2. The molecule has 2 atom stereocenters. The van der Waals surface area contributed by atoms with Gasteiger partial charge in [-0.25, -0.2) is 8.78 Å². The van der Waals surface area contributed by atoms with E-state index in [1.807, 2.05) is 13.8 Å². The average molecular weight is 366 g/mol. The van der Waals surface area contributed by atoms with Gasteiger partial charge in [-0.15, -0.1) is 0 Å². The zero-order valence-electron chi connectivity index (χ0n) is 15.0. The molecule has 7 heteroatoms. The molecule has 1 heterocycles. The van der Waals surface area contributed by atoms with Crippen LogP contribution in [0, 0.1) is 28.9 Å². The van der Waals surface area contributed by atoms with Gasteiger partial charge in [-0.2, -0.15) is 0 Å². The normalized spacial score (nSPS) is 21.5. The first-order valence-corrected chi connectivity index (χ1v) is 8.89. The van der Waals surface area contributed by atoms with Crippen LogP contribution in [-0.2, 0) is 16.0 Å². The number of benzene rings is 1. The van der Waals surface area contributed by atoms with Gasteiger partial charge in [0.2, 0.25) is 11.8 Å². The second kappa shape index (κ2) is 6.95. The Morgan fingerprint density at radius 2 is 1.92 bits per heavy atom. The lowest BCUT2D eigenvalue weighted by Crippen LogP contribution is -2.54. The van der Waals surface area contributed by atoms with E-state index in [0.29, 0.717) is 19.5 Å². The van der Waals surface area contributed by atoms with Crippen LogP contribution >= 0.6 is 0 Å². The molecule has 1 spiro atoms. The Kier molecular flexibility index (Phi) is 5.01. The first kappa shape index (κ1) is 18.8. The van der Waals surface area contributed by atoms with Gasteiger partial charge in [0.05, 0.1) is 19.1 Å². The van der Waals surface area contributed by atoms with Crippen molar-refractivity contribution in [2.24, 2.45) is 17.3 Å². The monoisotopic (exact) mass is 366 g/mol. The molecular formula is C19H24F2N2O3. The summed E-state index contributed by atoms with van der Waals surface area (Å²) < 4.78 is 27.3. The molecule has 26 heavy (non-hydrogen) atoms. The molecule has 3 rings (SSSR count). The van der Waals surface area contributed by atoms with Crippen LogP contribution in [0.4, 0.5) is 8.78 Å². The van der Waals surface area contributed by atoms with Gasteiger partial charge >= 0.3 is 0 Å². The van der Waals surface area contributed by atoms with Crippen LogP contribution in [0.15, 0.2) is 18.2 Å². The van der Waals surface area contributed by atoms with E-state index in [2.05, 4.69) is 5.32 Å². The molecule has 1 unspecified atom stereocenters. The fraction of sp³-hybridized carbons (Fsp3) is 0.579. The van der Waals surface area contributed by atoms with Crippen LogP contribution in [0.3, 0.4) is 0 Å². The SMILES string of the molecule is CC(C)[C@@H](CO)NC(=O)C1CC12CN(C(=O)Cc1c(F)cccc1F)C2. The first-order valence-electron chi connectivity index (χ1n) is 8.89. The van der Waals surface area contributed by atoms with Crippen molar-refractivity contribution < 1.29 is 23.5 Å². The van der Waals surface area contributed by atoms with E-state index >= 15 is 0 Å².